The number of aliphatic hydroxyl groups excluding tert-OH is 1. The molecular weight excluding hydrogens is 451 g/mol. The molecule has 9 heteroatoms. The molecule has 0 spiro atoms. The average molecular weight is 485 g/mol. The molecule has 8 nitrogen and oxygen atoms in total. The van der Waals surface area contributed by atoms with Crippen LogP contribution in [0, 0.1) is 28.6 Å². The van der Waals surface area contributed by atoms with E-state index in [-0.39, 0.29) is 71.4 Å². The van der Waals surface area contributed by atoms with Gasteiger partial charge in [-0.2, -0.15) is 0 Å². The third-order valence-electron chi connectivity index (χ3n) is 9.41. The van der Waals surface area contributed by atoms with Crippen molar-refractivity contribution in [2.24, 2.45) is 28.6 Å². The van der Waals surface area contributed by atoms with Crippen molar-refractivity contribution in [3.05, 3.63) is 11.6 Å². The van der Waals surface area contributed by atoms with Gasteiger partial charge in [0.15, 0.2) is 12.4 Å². The van der Waals surface area contributed by atoms with Crippen LogP contribution in [0.3, 0.4) is 0 Å². The number of allylic oxidation sites excluding steroid dienone is 1. The zero-order chi connectivity index (χ0) is 24.2. The third-order valence-corrected chi connectivity index (χ3v) is 9.41. The number of Topliss-reactive ketones (excluding diaryl/α,β-unsaturated/α-hetero) is 1. The van der Waals surface area contributed by atoms with Gasteiger partial charge in [-0.1, -0.05) is 19.4 Å². The van der Waals surface area contributed by atoms with Gasteiger partial charge < -0.3 is 24.9 Å². The van der Waals surface area contributed by atoms with E-state index in [1.54, 1.807) is 6.08 Å². The molecule has 34 heavy (non-hydrogen) atoms. The van der Waals surface area contributed by atoms with E-state index in [4.69, 9.17) is 4.74 Å². The normalized spacial score (nSPS) is 40.7. The van der Waals surface area contributed by atoms with Crippen LogP contribution in [0.25, 0.3) is 0 Å². The third kappa shape index (κ3) is 4.34. The van der Waals surface area contributed by atoms with E-state index in [9.17, 15) is 34.5 Å². The first-order valence-corrected chi connectivity index (χ1v) is 12.0. The number of esters is 1. The topological polar surface area (TPSA) is 141 Å². The Morgan fingerprint density at radius 3 is 2.53 bits per heavy atom. The second-order valence-electron chi connectivity index (χ2n) is 10.9. The molecule has 4 rings (SSSR count). The standard InChI is InChI=1S/C25H34O8.Na/c1-23-9-7-15(26)11-14(23)3-4-16-17-8-10-25(32,24(17,2)12-18(27)22(16)23)19(28)13-33-21(31)6-5-20(29)30;/h11,16-18,22,27,32H,3-10,12-13H2,1-2H3,(H,29,30);/q;+1/p-1/t16?,17?,18?,22?,23-,24-,25-;/m0./s1. The number of carboxylic acid groups (broad SMARTS) is 1. The van der Waals surface area contributed by atoms with Crippen molar-refractivity contribution in [2.75, 3.05) is 6.61 Å². The number of ketones is 2. The Kier molecular flexibility index (Phi) is 7.91. The van der Waals surface area contributed by atoms with Crippen LogP contribution in [0.1, 0.15) is 71.6 Å². The number of aliphatic carboxylic acids is 1. The molecule has 0 aromatic heterocycles. The molecule has 2 N–H and O–H groups in total. The summed E-state index contributed by atoms with van der Waals surface area (Å²) in [7, 11) is 0. The molecule has 4 unspecified atom stereocenters. The van der Waals surface area contributed by atoms with Crippen LogP contribution in [-0.2, 0) is 23.9 Å². The average Bonchev–Trinajstić information content (AvgIpc) is 3.02. The molecule has 0 amide bonds. The van der Waals surface area contributed by atoms with Crippen molar-refractivity contribution in [2.45, 2.75) is 83.3 Å². The summed E-state index contributed by atoms with van der Waals surface area (Å²) in [5.74, 6) is -2.53. The Morgan fingerprint density at radius 1 is 1.15 bits per heavy atom. The second-order valence-corrected chi connectivity index (χ2v) is 10.9. The van der Waals surface area contributed by atoms with Gasteiger partial charge >= 0.3 is 35.5 Å². The van der Waals surface area contributed by atoms with Crippen molar-refractivity contribution in [1.29, 1.82) is 0 Å². The molecule has 3 fully saturated rings. The van der Waals surface area contributed by atoms with Crippen molar-refractivity contribution in [3.8, 4) is 0 Å². The summed E-state index contributed by atoms with van der Waals surface area (Å²) in [4.78, 5) is 47.3. The fraction of sp³-hybridized carbons (Fsp3) is 0.760. The minimum Gasteiger partial charge on any atom is -0.550 e. The Hall–Kier alpha value is -1.06. The van der Waals surface area contributed by atoms with Crippen LogP contribution >= 0.6 is 0 Å². The number of fused-ring (bicyclic) bond motifs is 5. The molecule has 182 valence electrons. The van der Waals surface area contributed by atoms with Gasteiger partial charge in [0, 0.05) is 17.8 Å². The number of aliphatic hydroxyl groups is 2. The summed E-state index contributed by atoms with van der Waals surface area (Å²) >= 11 is 0. The van der Waals surface area contributed by atoms with Crippen LogP contribution < -0.4 is 34.7 Å². The monoisotopic (exact) mass is 484 g/mol. The summed E-state index contributed by atoms with van der Waals surface area (Å²) < 4.78 is 4.95. The summed E-state index contributed by atoms with van der Waals surface area (Å²) in [6.45, 7) is 3.38. The molecule has 0 heterocycles. The Balaban J connectivity index is 0.00000324. The van der Waals surface area contributed by atoms with E-state index in [2.05, 4.69) is 6.92 Å². The van der Waals surface area contributed by atoms with Crippen LogP contribution in [0.4, 0.5) is 0 Å². The quantitative estimate of drug-likeness (QED) is 0.322. The maximum Gasteiger partial charge on any atom is 1.00 e. The number of hydrogen-bond acceptors (Lipinski definition) is 8. The molecular formula is C25H33NaO8. The van der Waals surface area contributed by atoms with Crippen LogP contribution in [0.5, 0.6) is 0 Å². The molecule has 4 aliphatic carbocycles. The molecule has 0 radical (unpaired) electrons. The Morgan fingerprint density at radius 2 is 1.85 bits per heavy atom. The van der Waals surface area contributed by atoms with Crippen LogP contribution in [0.15, 0.2) is 11.6 Å². The fourth-order valence-corrected chi connectivity index (χ4v) is 7.69. The van der Waals surface area contributed by atoms with Gasteiger partial charge in [0.25, 0.3) is 0 Å². The van der Waals surface area contributed by atoms with E-state index >= 15 is 0 Å². The summed E-state index contributed by atoms with van der Waals surface area (Å²) in [6, 6.07) is 0. The molecule has 3 saturated carbocycles. The van der Waals surface area contributed by atoms with Gasteiger partial charge in [0.1, 0.15) is 5.60 Å². The van der Waals surface area contributed by atoms with Crippen molar-refractivity contribution < 1.29 is 68.8 Å². The number of hydrogen-bond donors (Lipinski definition) is 2. The second kappa shape index (κ2) is 9.77. The van der Waals surface area contributed by atoms with Gasteiger partial charge in [-0.05, 0) is 74.2 Å². The first-order chi connectivity index (χ1) is 15.4. The minimum atomic E-state index is -1.72. The number of carbonyl (C=O) groups is 4. The van der Waals surface area contributed by atoms with E-state index in [0.717, 1.165) is 18.4 Å². The predicted molar refractivity (Wildman–Crippen MR) is 113 cm³/mol. The molecule has 4 aliphatic rings. The largest absolute Gasteiger partial charge is 1.00 e. The van der Waals surface area contributed by atoms with Gasteiger partial charge in [-0.15, -0.1) is 0 Å². The number of carbonyl (C=O) groups excluding carboxylic acids is 4. The zero-order valence-corrected chi connectivity index (χ0v) is 22.3. The first kappa shape index (κ1) is 27.5. The molecule has 7 atom stereocenters. The first-order valence-electron chi connectivity index (χ1n) is 12.0. The summed E-state index contributed by atoms with van der Waals surface area (Å²) in [6.07, 6.45) is 4.07. The zero-order valence-electron chi connectivity index (χ0n) is 20.3. The summed E-state index contributed by atoms with van der Waals surface area (Å²) in [5, 5.41) is 33.4. The van der Waals surface area contributed by atoms with Gasteiger partial charge in [0.05, 0.1) is 12.5 Å². The molecule has 0 aromatic carbocycles. The number of rotatable bonds is 6. The minimum absolute atomic E-state index is 0. The van der Waals surface area contributed by atoms with E-state index in [1.165, 1.54) is 0 Å². The fourth-order valence-electron chi connectivity index (χ4n) is 7.69. The van der Waals surface area contributed by atoms with Gasteiger partial charge in [-0.25, -0.2) is 0 Å². The molecule has 0 aliphatic heterocycles. The van der Waals surface area contributed by atoms with Crippen LogP contribution in [-0.4, -0.2) is 52.0 Å². The maximum absolute atomic E-state index is 13.1. The SMILES string of the molecule is C[C@]12CCC(=O)C=C1CCC1C2C(O)C[C@@]2(C)C1CC[C@]2(O)C(=O)COC(=O)CCC(=O)[O-].[Na+]. The van der Waals surface area contributed by atoms with E-state index < -0.39 is 54.3 Å². The smallest absolute Gasteiger partial charge is 0.550 e. The Labute approximate surface area is 221 Å². The van der Waals surface area contributed by atoms with E-state index in [0.29, 0.717) is 19.3 Å². The molecule has 0 aromatic rings. The van der Waals surface area contributed by atoms with E-state index in [1.807, 2.05) is 6.92 Å². The van der Waals surface area contributed by atoms with Crippen LogP contribution in [0.2, 0.25) is 0 Å². The summed E-state index contributed by atoms with van der Waals surface area (Å²) in [5.41, 5.74) is -1.71. The predicted octanol–water partition coefficient (Wildman–Crippen LogP) is -2.13. The van der Waals surface area contributed by atoms with Gasteiger partial charge in [-0.3, -0.25) is 14.4 Å². The Bertz CT molecular complexity index is 915. The number of carboxylic acids is 1. The molecule has 0 saturated heterocycles. The maximum atomic E-state index is 13.1. The van der Waals surface area contributed by atoms with Crippen molar-refractivity contribution in [1.82, 2.24) is 0 Å². The number of ether oxygens (including phenoxy) is 1. The van der Waals surface area contributed by atoms with Crippen molar-refractivity contribution >= 4 is 23.5 Å². The molecule has 0 bridgehead atoms. The van der Waals surface area contributed by atoms with Gasteiger partial charge in [0.2, 0.25) is 5.78 Å². The van der Waals surface area contributed by atoms with Crippen molar-refractivity contribution in [3.63, 3.8) is 0 Å².